The first-order valence-electron chi connectivity index (χ1n) is 23.0. The Labute approximate surface area is 378 Å². The van der Waals surface area contributed by atoms with Crippen molar-refractivity contribution in [3.8, 4) is 23.0 Å². The first-order chi connectivity index (χ1) is 27.5. The standard InChI is InChI=1S/C58H86O4/c1-51(2,3)37-25-33(26-38(47(37)59)52(4,5)6)45(34-27-39(53(7,8)9)48(60)40(28-34)54(10,11)12)46(35-29-41(55(13,14)15)49(61)42(30-35)56(16,17)18)36-31-43(57(19,20)21)50(62)44(32-36)58(22,23)24/h25-32,45-46,59-62H,1-24H3. The van der Waals surface area contributed by atoms with E-state index in [1.54, 1.807) is 0 Å². The summed E-state index contributed by atoms with van der Waals surface area (Å²) in [7, 11) is 0. The molecule has 0 heterocycles. The number of rotatable bonds is 5. The van der Waals surface area contributed by atoms with E-state index in [1.807, 2.05) is 0 Å². The number of phenolic OH excluding ortho intramolecular Hbond substituents is 4. The van der Waals surface area contributed by atoms with Gasteiger partial charge in [-0.1, -0.05) is 215 Å². The zero-order chi connectivity index (χ0) is 48.0. The van der Waals surface area contributed by atoms with Gasteiger partial charge < -0.3 is 20.4 Å². The van der Waals surface area contributed by atoms with E-state index in [0.29, 0.717) is 23.0 Å². The maximum absolute atomic E-state index is 12.2. The Balaban J connectivity index is 2.55. The summed E-state index contributed by atoms with van der Waals surface area (Å²) in [6.07, 6.45) is 0. The lowest BCUT2D eigenvalue weighted by atomic mass is 9.66. The number of aromatic hydroxyl groups is 4. The molecule has 4 N–H and O–H groups in total. The highest BCUT2D eigenvalue weighted by molar-refractivity contribution is 5.61. The molecule has 0 aliphatic rings. The zero-order valence-corrected chi connectivity index (χ0v) is 43.6. The van der Waals surface area contributed by atoms with Crippen LogP contribution >= 0.6 is 0 Å². The summed E-state index contributed by atoms with van der Waals surface area (Å²) < 4.78 is 0. The van der Waals surface area contributed by atoms with Crippen LogP contribution in [-0.4, -0.2) is 20.4 Å². The summed E-state index contributed by atoms with van der Waals surface area (Å²) >= 11 is 0. The lowest BCUT2D eigenvalue weighted by molar-refractivity contribution is 0.418. The van der Waals surface area contributed by atoms with E-state index in [2.05, 4.69) is 215 Å². The SMILES string of the molecule is CC(C)(C)c1cc(C(c2cc(C(C)(C)C)c(O)c(C(C)(C)C)c2)C(c2cc(C(C)(C)C)c(O)c(C(C)(C)C)c2)c2cc(C(C)(C)C)c(O)c(C(C)(C)C)c2)cc(C(C)(C)C)c1O. The quantitative estimate of drug-likeness (QED) is 0.161. The largest absolute Gasteiger partial charge is 0.507 e. The van der Waals surface area contributed by atoms with E-state index >= 15 is 0 Å². The average molecular weight is 847 g/mol. The maximum Gasteiger partial charge on any atom is 0.123 e. The highest BCUT2D eigenvalue weighted by Gasteiger charge is 2.39. The number of phenols is 4. The first-order valence-corrected chi connectivity index (χ1v) is 23.0. The molecule has 4 nitrogen and oxygen atoms in total. The van der Waals surface area contributed by atoms with Gasteiger partial charge >= 0.3 is 0 Å². The van der Waals surface area contributed by atoms with Gasteiger partial charge in [0.2, 0.25) is 0 Å². The Kier molecular flexibility index (Phi) is 13.1. The van der Waals surface area contributed by atoms with Crippen molar-refractivity contribution in [2.45, 2.75) is 221 Å². The Bertz CT molecular complexity index is 1830. The molecule has 0 spiro atoms. The second-order valence-corrected chi connectivity index (χ2v) is 26.8. The predicted molar refractivity (Wildman–Crippen MR) is 266 cm³/mol. The molecule has 0 radical (unpaired) electrons. The van der Waals surface area contributed by atoms with Gasteiger partial charge in [-0.3, -0.25) is 0 Å². The Morgan fingerprint density at radius 1 is 0.226 bits per heavy atom. The maximum atomic E-state index is 12.2. The molecule has 0 atom stereocenters. The van der Waals surface area contributed by atoms with Gasteiger partial charge in [0.1, 0.15) is 23.0 Å². The molecule has 62 heavy (non-hydrogen) atoms. The number of benzene rings is 4. The number of hydrogen-bond acceptors (Lipinski definition) is 4. The van der Waals surface area contributed by atoms with E-state index in [9.17, 15) is 20.4 Å². The van der Waals surface area contributed by atoms with Crippen LogP contribution in [0.3, 0.4) is 0 Å². The molecule has 4 aromatic rings. The van der Waals surface area contributed by atoms with Crippen LogP contribution in [-0.2, 0) is 43.3 Å². The summed E-state index contributed by atoms with van der Waals surface area (Å²) in [6, 6.07) is 17.8. The van der Waals surface area contributed by atoms with Gasteiger partial charge in [0, 0.05) is 11.8 Å². The fraction of sp³-hybridized carbons (Fsp3) is 0.586. The average Bonchev–Trinajstić information content (AvgIpc) is 3.04. The van der Waals surface area contributed by atoms with Gasteiger partial charge in [0.15, 0.2) is 0 Å². The van der Waals surface area contributed by atoms with Gasteiger partial charge in [0.25, 0.3) is 0 Å². The lowest BCUT2D eigenvalue weighted by Gasteiger charge is -2.38. The molecule has 0 fully saturated rings. The molecular weight excluding hydrogens is 761 g/mol. The molecular formula is C58H86O4. The van der Waals surface area contributed by atoms with Crippen molar-refractivity contribution < 1.29 is 20.4 Å². The van der Waals surface area contributed by atoms with Crippen LogP contribution in [0.1, 0.15) is 245 Å². The molecule has 342 valence electrons. The van der Waals surface area contributed by atoms with Crippen LogP contribution in [0.4, 0.5) is 0 Å². The van der Waals surface area contributed by atoms with Crippen molar-refractivity contribution in [1.82, 2.24) is 0 Å². The molecule has 0 saturated carbocycles. The van der Waals surface area contributed by atoms with Crippen molar-refractivity contribution in [2.24, 2.45) is 0 Å². The van der Waals surface area contributed by atoms with Gasteiger partial charge in [-0.15, -0.1) is 0 Å². The van der Waals surface area contributed by atoms with Crippen LogP contribution in [0.2, 0.25) is 0 Å². The van der Waals surface area contributed by atoms with Crippen LogP contribution in [0, 0.1) is 0 Å². The van der Waals surface area contributed by atoms with E-state index in [-0.39, 0.29) is 11.8 Å². The third-order valence-corrected chi connectivity index (χ3v) is 12.8. The molecule has 0 unspecified atom stereocenters. The van der Waals surface area contributed by atoms with Gasteiger partial charge in [-0.2, -0.15) is 0 Å². The highest BCUT2D eigenvalue weighted by Crippen LogP contribution is 2.54. The second-order valence-electron chi connectivity index (χ2n) is 26.8. The van der Waals surface area contributed by atoms with Crippen LogP contribution in [0.25, 0.3) is 0 Å². The molecule has 4 aromatic carbocycles. The molecule has 4 heteroatoms. The second kappa shape index (κ2) is 16.0. The minimum Gasteiger partial charge on any atom is -0.507 e. The summed E-state index contributed by atoms with van der Waals surface area (Å²) in [4.78, 5) is 0. The van der Waals surface area contributed by atoms with Crippen molar-refractivity contribution >= 4 is 0 Å². The molecule has 0 bridgehead atoms. The smallest absolute Gasteiger partial charge is 0.123 e. The molecule has 0 amide bonds. The van der Waals surface area contributed by atoms with Crippen molar-refractivity contribution in [3.63, 3.8) is 0 Å². The lowest BCUT2D eigenvalue weighted by Crippen LogP contribution is -2.25. The van der Waals surface area contributed by atoms with E-state index in [0.717, 1.165) is 66.8 Å². The van der Waals surface area contributed by atoms with E-state index < -0.39 is 43.3 Å². The fourth-order valence-corrected chi connectivity index (χ4v) is 9.07. The number of hydrogen-bond donors (Lipinski definition) is 4. The highest BCUT2D eigenvalue weighted by atomic mass is 16.3. The minimum absolute atomic E-state index is 0.324. The van der Waals surface area contributed by atoms with Crippen molar-refractivity contribution in [1.29, 1.82) is 0 Å². The van der Waals surface area contributed by atoms with Gasteiger partial charge in [0.05, 0.1) is 0 Å². The van der Waals surface area contributed by atoms with Gasteiger partial charge in [-0.25, -0.2) is 0 Å². The summed E-state index contributed by atoms with van der Waals surface area (Å²) in [6.45, 7) is 51.9. The van der Waals surface area contributed by atoms with Crippen LogP contribution in [0.15, 0.2) is 48.5 Å². The minimum atomic E-state index is -0.392. The Morgan fingerprint density at radius 3 is 0.403 bits per heavy atom. The first kappa shape index (κ1) is 50.7. The Morgan fingerprint density at radius 2 is 0.323 bits per heavy atom. The summed E-state index contributed by atoms with van der Waals surface area (Å²) in [5.74, 6) is 0.566. The third kappa shape index (κ3) is 10.4. The monoisotopic (exact) mass is 847 g/mol. The molecule has 0 aliphatic carbocycles. The molecule has 4 rings (SSSR count). The summed E-state index contributed by atoms with van der Waals surface area (Å²) in [5, 5.41) is 48.9. The van der Waals surface area contributed by atoms with Crippen molar-refractivity contribution in [2.75, 3.05) is 0 Å². The fourth-order valence-electron chi connectivity index (χ4n) is 9.07. The third-order valence-electron chi connectivity index (χ3n) is 12.8. The van der Waals surface area contributed by atoms with E-state index in [4.69, 9.17) is 0 Å². The topological polar surface area (TPSA) is 80.9 Å². The van der Waals surface area contributed by atoms with Gasteiger partial charge in [-0.05, 0) is 110 Å². The normalized spacial score (nSPS) is 14.0. The molecule has 0 aromatic heterocycles. The summed E-state index contributed by atoms with van der Waals surface area (Å²) in [5.41, 5.74) is 8.10. The van der Waals surface area contributed by atoms with Crippen LogP contribution < -0.4 is 0 Å². The molecule has 0 saturated heterocycles. The zero-order valence-electron chi connectivity index (χ0n) is 43.6. The Hall–Kier alpha value is -3.92. The predicted octanol–water partition coefficient (Wildman–Crippen LogP) is 15.9. The van der Waals surface area contributed by atoms with E-state index in [1.165, 1.54) is 0 Å². The van der Waals surface area contributed by atoms with Crippen molar-refractivity contribution in [3.05, 3.63) is 115 Å². The molecule has 0 aliphatic heterocycles. The van der Waals surface area contributed by atoms with Crippen LogP contribution in [0.5, 0.6) is 23.0 Å².